The van der Waals surface area contributed by atoms with Gasteiger partial charge in [-0.3, -0.25) is 4.79 Å². The lowest BCUT2D eigenvalue weighted by atomic mass is 9.80. The minimum Gasteiger partial charge on any atom is -0.480 e. The Morgan fingerprint density at radius 3 is 2.50 bits per heavy atom. The molecule has 18 heavy (non-hydrogen) atoms. The number of halogens is 1. The SMILES string of the molecule is N#CC1(C(=O)O)CCN(c2ccccc2Br)CC1. The summed E-state index contributed by atoms with van der Waals surface area (Å²) in [4.78, 5) is 13.3. The van der Waals surface area contributed by atoms with Gasteiger partial charge in [-0.15, -0.1) is 0 Å². The highest BCUT2D eigenvalue weighted by Crippen LogP contribution is 2.35. The van der Waals surface area contributed by atoms with E-state index in [1.807, 2.05) is 30.3 Å². The standard InChI is InChI=1S/C13H13BrN2O2/c14-10-3-1-2-4-11(10)16-7-5-13(9-15,6-8-16)12(17)18/h1-4H,5-8H2,(H,17,18). The van der Waals surface area contributed by atoms with Crippen molar-refractivity contribution >= 4 is 27.6 Å². The third-order valence-corrected chi connectivity index (χ3v) is 4.10. The van der Waals surface area contributed by atoms with Crippen molar-refractivity contribution in [2.24, 2.45) is 5.41 Å². The highest BCUT2D eigenvalue weighted by molar-refractivity contribution is 9.10. The Balaban J connectivity index is 2.15. The Hall–Kier alpha value is -1.54. The predicted molar refractivity (Wildman–Crippen MR) is 71.3 cm³/mol. The van der Waals surface area contributed by atoms with Gasteiger partial charge in [-0.25, -0.2) is 0 Å². The van der Waals surface area contributed by atoms with Gasteiger partial charge in [0, 0.05) is 17.6 Å². The summed E-state index contributed by atoms with van der Waals surface area (Å²) in [6.07, 6.45) is 0.723. The van der Waals surface area contributed by atoms with Gasteiger partial charge in [-0.1, -0.05) is 12.1 Å². The van der Waals surface area contributed by atoms with Gasteiger partial charge in [0.1, 0.15) is 0 Å². The van der Waals surface area contributed by atoms with E-state index in [1.165, 1.54) is 0 Å². The maximum Gasteiger partial charge on any atom is 0.324 e. The van der Waals surface area contributed by atoms with E-state index in [9.17, 15) is 4.79 Å². The van der Waals surface area contributed by atoms with Crippen LogP contribution in [-0.4, -0.2) is 24.2 Å². The molecule has 1 aromatic carbocycles. The van der Waals surface area contributed by atoms with Crippen molar-refractivity contribution in [3.8, 4) is 6.07 Å². The molecule has 2 rings (SSSR count). The molecule has 1 aromatic rings. The maximum atomic E-state index is 11.2. The van der Waals surface area contributed by atoms with Crippen LogP contribution in [0, 0.1) is 16.7 Å². The zero-order valence-corrected chi connectivity index (χ0v) is 11.4. The second-order valence-electron chi connectivity index (χ2n) is 4.44. The number of hydrogen-bond donors (Lipinski definition) is 1. The van der Waals surface area contributed by atoms with Gasteiger partial charge in [0.05, 0.1) is 11.8 Å². The fourth-order valence-electron chi connectivity index (χ4n) is 2.21. The summed E-state index contributed by atoms with van der Waals surface area (Å²) in [6, 6.07) is 9.80. The first-order valence-electron chi connectivity index (χ1n) is 5.73. The van der Waals surface area contributed by atoms with E-state index < -0.39 is 11.4 Å². The number of aliphatic carboxylic acids is 1. The van der Waals surface area contributed by atoms with Crippen LogP contribution in [0.15, 0.2) is 28.7 Å². The largest absolute Gasteiger partial charge is 0.480 e. The lowest BCUT2D eigenvalue weighted by Gasteiger charge is -2.36. The zero-order valence-electron chi connectivity index (χ0n) is 9.77. The predicted octanol–water partition coefficient (Wildman–Crippen LogP) is 2.64. The molecular weight excluding hydrogens is 296 g/mol. The molecule has 1 heterocycles. The van der Waals surface area contributed by atoms with E-state index in [-0.39, 0.29) is 0 Å². The Morgan fingerprint density at radius 1 is 1.39 bits per heavy atom. The van der Waals surface area contributed by atoms with Crippen molar-refractivity contribution in [2.45, 2.75) is 12.8 Å². The van der Waals surface area contributed by atoms with Crippen molar-refractivity contribution in [1.82, 2.24) is 0 Å². The minimum atomic E-state index is -1.21. The van der Waals surface area contributed by atoms with E-state index in [2.05, 4.69) is 20.8 Å². The van der Waals surface area contributed by atoms with Crippen LogP contribution in [0.3, 0.4) is 0 Å². The minimum absolute atomic E-state index is 0.361. The van der Waals surface area contributed by atoms with Crippen molar-refractivity contribution < 1.29 is 9.90 Å². The second-order valence-corrected chi connectivity index (χ2v) is 5.29. The van der Waals surface area contributed by atoms with Crippen molar-refractivity contribution in [3.63, 3.8) is 0 Å². The Bertz CT molecular complexity index is 502. The molecular formula is C13H13BrN2O2. The Labute approximate surface area is 114 Å². The number of hydrogen-bond acceptors (Lipinski definition) is 3. The molecule has 5 heteroatoms. The highest BCUT2D eigenvalue weighted by atomic mass is 79.9. The fraction of sp³-hybridized carbons (Fsp3) is 0.385. The summed E-state index contributed by atoms with van der Waals surface area (Å²) in [7, 11) is 0. The van der Waals surface area contributed by atoms with Crippen LogP contribution >= 0.6 is 15.9 Å². The average molecular weight is 309 g/mol. The monoisotopic (exact) mass is 308 g/mol. The molecule has 0 bridgehead atoms. The molecule has 0 radical (unpaired) electrons. The first-order chi connectivity index (χ1) is 8.59. The molecule has 1 aliphatic rings. The van der Waals surface area contributed by atoms with Crippen LogP contribution in [-0.2, 0) is 4.79 Å². The highest BCUT2D eigenvalue weighted by Gasteiger charge is 2.42. The molecule has 0 spiro atoms. The van der Waals surface area contributed by atoms with Crippen LogP contribution in [0.2, 0.25) is 0 Å². The summed E-state index contributed by atoms with van der Waals surface area (Å²) in [5, 5.41) is 18.2. The van der Waals surface area contributed by atoms with E-state index in [1.54, 1.807) is 0 Å². The quantitative estimate of drug-likeness (QED) is 0.912. The van der Waals surface area contributed by atoms with Gasteiger partial charge in [-0.2, -0.15) is 5.26 Å². The van der Waals surface area contributed by atoms with Crippen LogP contribution in [0.1, 0.15) is 12.8 Å². The molecule has 1 fully saturated rings. The van der Waals surface area contributed by atoms with Crippen molar-refractivity contribution in [2.75, 3.05) is 18.0 Å². The van der Waals surface area contributed by atoms with Crippen molar-refractivity contribution in [1.29, 1.82) is 5.26 Å². The molecule has 0 amide bonds. The number of anilines is 1. The molecule has 0 atom stereocenters. The lowest BCUT2D eigenvalue weighted by molar-refractivity contribution is -0.146. The fourth-order valence-corrected chi connectivity index (χ4v) is 2.75. The summed E-state index contributed by atoms with van der Waals surface area (Å²) in [6.45, 7) is 1.17. The number of nitriles is 1. The third-order valence-electron chi connectivity index (χ3n) is 3.43. The average Bonchev–Trinajstić information content (AvgIpc) is 2.39. The van der Waals surface area contributed by atoms with Gasteiger partial charge in [0.25, 0.3) is 0 Å². The molecule has 0 unspecified atom stereocenters. The normalized spacial score (nSPS) is 18.1. The number of rotatable bonds is 2. The Kier molecular flexibility index (Phi) is 3.58. The molecule has 1 N–H and O–H groups in total. The first-order valence-corrected chi connectivity index (χ1v) is 6.52. The third kappa shape index (κ3) is 2.21. The number of piperidine rings is 1. The van der Waals surface area contributed by atoms with Crippen LogP contribution in [0.4, 0.5) is 5.69 Å². The lowest BCUT2D eigenvalue weighted by Crippen LogP contribution is -2.43. The van der Waals surface area contributed by atoms with E-state index >= 15 is 0 Å². The number of benzene rings is 1. The number of para-hydroxylation sites is 1. The zero-order chi connectivity index (χ0) is 13.2. The van der Waals surface area contributed by atoms with Gasteiger partial charge in [0.15, 0.2) is 5.41 Å². The smallest absolute Gasteiger partial charge is 0.324 e. The van der Waals surface area contributed by atoms with Gasteiger partial charge >= 0.3 is 5.97 Å². The summed E-state index contributed by atoms with van der Waals surface area (Å²) < 4.78 is 0.991. The number of carbonyl (C=O) groups is 1. The topological polar surface area (TPSA) is 64.3 Å². The second kappa shape index (κ2) is 4.99. The molecule has 4 nitrogen and oxygen atoms in total. The van der Waals surface area contributed by atoms with Gasteiger partial charge < -0.3 is 10.0 Å². The number of carboxylic acid groups (broad SMARTS) is 1. The first kappa shape index (κ1) is 12.9. The summed E-state index contributed by atoms with van der Waals surface area (Å²) >= 11 is 3.48. The summed E-state index contributed by atoms with van der Waals surface area (Å²) in [5.74, 6) is -1.00. The van der Waals surface area contributed by atoms with Gasteiger partial charge in [0.2, 0.25) is 0 Å². The van der Waals surface area contributed by atoms with Gasteiger partial charge in [-0.05, 0) is 40.9 Å². The van der Waals surface area contributed by atoms with E-state index in [4.69, 9.17) is 10.4 Å². The maximum absolute atomic E-state index is 11.2. The molecule has 94 valence electrons. The molecule has 1 saturated heterocycles. The van der Waals surface area contributed by atoms with E-state index in [0.717, 1.165) is 10.2 Å². The number of carboxylic acids is 1. The Morgan fingerprint density at radius 2 is 2.00 bits per heavy atom. The molecule has 0 aromatic heterocycles. The molecule has 0 saturated carbocycles. The van der Waals surface area contributed by atoms with Crippen LogP contribution in [0.5, 0.6) is 0 Å². The molecule has 0 aliphatic carbocycles. The van der Waals surface area contributed by atoms with Crippen LogP contribution in [0.25, 0.3) is 0 Å². The van der Waals surface area contributed by atoms with Crippen LogP contribution < -0.4 is 4.90 Å². The molecule has 1 aliphatic heterocycles. The number of nitrogens with zero attached hydrogens (tertiary/aromatic N) is 2. The van der Waals surface area contributed by atoms with E-state index in [0.29, 0.717) is 25.9 Å². The van der Waals surface area contributed by atoms with Crippen molar-refractivity contribution in [3.05, 3.63) is 28.7 Å². The summed E-state index contributed by atoms with van der Waals surface area (Å²) in [5.41, 5.74) is -0.160.